The Morgan fingerprint density at radius 1 is 1.26 bits per heavy atom. The van der Waals surface area contributed by atoms with E-state index in [-0.39, 0.29) is 11.4 Å². The fourth-order valence-electron chi connectivity index (χ4n) is 2.47. The molecule has 0 atom stereocenters. The number of sulfonamides is 1. The van der Waals surface area contributed by atoms with Gasteiger partial charge >= 0.3 is 0 Å². The Labute approximate surface area is 132 Å². The quantitative estimate of drug-likeness (QED) is 0.834. The van der Waals surface area contributed by atoms with Crippen molar-refractivity contribution >= 4 is 21.4 Å². The van der Waals surface area contributed by atoms with Crippen molar-refractivity contribution < 1.29 is 17.2 Å². The second-order valence-corrected chi connectivity index (χ2v) is 7.01. The van der Waals surface area contributed by atoms with Crippen LogP contribution in [-0.4, -0.2) is 49.7 Å². The minimum absolute atomic E-state index is 0.113. The van der Waals surface area contributed by atoms with E-state index in [2.05, 4.69) is 10.1 Å². The van der Waals surface area contributed by atoms with Gasteiger partial charge in [-0.3, -0.25) is 14.0 Å². The third-order valence-corrected chi connectivity index (χ3v) is 5.38. The summed E-state index contributed by atoms with van der Waals surface area (Å²) >= 11 is 0. The molecule has 2 aromatic rings. The van der Waals surface area contributed by atoms with Gasteiger partial charge in [0, 0.05) is 26.0 Å². The summed E-state index contributed by atoms with van der Waals surface area (Å²) < 4.78 is 52.5. The van der Waals surface area contributed by atoms with E-state index in [1.54, 1.807) is 12.3 Å². The molecule has 0 N–H and O–H groups in total. The summed E-state index contributed by atoms with van der Waals surface area (Å²) in [5.41, 5.74) is 1.21. The van der Waals surface area contributed by atoms with Gasteiger partial charge in [0.15, 0.2) is 0 Å². The molecule has 1 aliphatic rings. The lowest BCUT2D eigenvalue weighted by molar-refractivity contribution is 0.121. The van der Waals surface area contributed by atoms with Gasteiger partial charge < -0.3 is 4.90 Å². The molecule has 1 aliphatic heterocycles. The third-order valence-electron chi connectivity index (χ3n) is 3.62. The zero-order valence-electron chi connectivity index (χ0n) is 12.3. The summed E-state index contributed by atoms with van der Waals surface area (Å²) in [7, 11) is -2.01. The highest BCUT2D eigenvalue weighted by molar-refractivity contribution is 7.92. The van der Waals surface area contributed by atoms with Crippen molar-refractivity contribution in [2.75, 3.05) is 29.3 Å². The number of pyridine rings is 1. The van der Waals surface area contributed by atoms with Crippen LogP contribution in [0.5, 0.6) is 0 Å². The molecule has 23 heavy (non-hydrogen) atoms. The van der Waals surface area contributed by atoms with E-state index < -0.39 is 23.0 Å². The monoisotopic (exact) mass is 343 g/mol. The molecule has 0 saturated carbocycles. The zero-order valence-corrected chi connectivity index (χ0v) is 13.1. The number of halogens is 2. The molecule has 0 bridgehead atoms. The minimum Gasteiger partial charge on any atom is -0.371 e. The maximum atomic E-state index is 12.8. The number of fused-ring (bicyclic) bond motifs is 1. The van der Waals surface area contributed by atoms with Gasteiger partial charge in [-0.25, -0.2) is 17.2 Å². The Morgan fingerprint density at radius 2 is 2.04 bits per heavy atom. The fourth-order valence-corrected chi connectivity index (χ4v) is 3.88. The summed E-state index contributed by atoms with van der Waals surface area (Å²) in [4.78, 5) is 5.80. The van der Waals surface area contributed by atoms with Crippen molar-refractivity contribution in [2.45, 2.75) is 17.9 Å². The fraction of sp³-hybridized carbons (Fsp3) is 0.385. The van der Waals surface area contributed by atoms with Crippen molar-refractivity contribution in [3.63, 3.8) is 0 Å². The Hall–Kier alpha value is -2.23. The van der Waals surface area contributed by atoms with Crippen LogP contribution in [-0.2, 0) is 16.6 Å². The topological polar surface area (TPSA) is 71.3 Å². The lowest BCUT2D eigenvalue weighted by Crippen LogP contribution is -2.42. The first-order chi connectivity index (χ1) is 10.9. The molecule has 0 unspecified atom stereocenters. The third kappa shape index (κ3) is 2.85. The molecule has 0 aromatic carbocycles. The molecule has 0 radical (unpaired) electrons. The van der Waals surface area contributed by atoms with Gasteiger partial charge in [-0.15, -0.1) is 0 Å². The number of likely N-dealkylation sites (N-methyl/N-ethyl adjacent to an activating group) is 1. The van der Waals surface area contributed by atoms with Crippen LogP contribution < -0.4 is 9.21 Å². The van der Waals surface area contributed by atoms with Crippen LogP contribution in [0.3, 0.4) is 0 Å². The largest absolute Gasteiger partial charge is 0.371 e. The number of hydrogen-bond donors (Lipinski definition) is 0. The highest BCUT2D eigenvalue weighted by Gasteiger charge is 2.32. The standard InChI is InChI=1S/C13H15F2N5O2S/c1-18-4-5-20(12-7-16-3-2-11(12)18)23(21,22)10-6-17-19(8-10)9-13(14)15/h2-3,6-8,13H,4-5,9H2,1H3. The summed E-state index contributed by atoms with van der Waals surface area (Å²) in [6, 6.07) is 1.73. The first-order valence-corrected chi connectivity index (χ1v) is 8.32. The van der Waals surface area contributed by atoms with Gasteiger partial charge in [0.05, 0.1) is 30.3 Å². The first kappa shape index (κ1) is 15.7. The van der Waals surface area contributed by atoms with Crippen molar-refractivity contribution in [2.24, 2.45) is 0 Å². The van der Waals surface area contributed by atoms with E-state index in [1.165, 1.54) is 10.5 Å². The molecule has 0 saturated heterocycles. The van der Waals surface area contributed by atoms with E-state index in [4.69, 9.17) is 0 Å². The molecule has 7 nitrogen and oxygen atoms in total. The molecule has 3 rings (SSSR count). The average Bonchev–Trinajstić information content (AvgIpc) is 2.96. The molecule has 0 aliphatic carbocycles. The molecule has 10 heteroatoms. The minimum atomic E-state index is -3.88. The van der Waals surface area contributed by atoms with E-state index in [0.717, 1.165) is 22.8 Å². The van der Waals surface area contributed by atoms with Crippen LogP contribution in [0.1, 0.15) is 0 Å². The smallest absolute Gasteiger partial charge is 0.267 e. The summed E-state index contributed by atoms with van der Waals surface area (Å²) in [6.45, 7) is 0.120. The molecule has 124 valence electrons. The van der Waals surface area contributed by atoms with Crippen LogP contribution in [0.15, 0.2) is 35.7 Å². The molecule has 3 heterocycles. The van der Waals surface area contributed by atoms with Crippen LogP contribution in [0.4, 0.5) is 20.2 Å². The van der Waals surface area contributed by atoms with E-state index >= 15 is 0 Å². The predicted molar refractivity (Wildman–Crippen MR) is 80.3 cm³/mol. The van der Waals surface area contributed by atoms with Gasteiger partial charge in [0.1, 0.15) is 11.4 Å². The maximum absolute atomic E-state index is 12.8. The Balaban J connectivity index is 1.97. The zero-order chi connectivity index (χ0) is 16.6. The van der Waals surface area contributed by atoms with Gasteiger partial charge in [-0.05, 0) is 6.07 Å². The van der Waals surface area contributed by atoms with E-state index in [1.807, 2.05) is 11.9 Å². The van der Waals surface area contributed by atoms with Crippen LogP contribution >= 0.6 is 0 Å². The van der Waals surface area contributed by atoms with Crippen LogP contribution in [0, 0.1) is 0 Å². The van der Waals surface area contributed by atoms with Crippen LogP contribution in [0.25, 0.3) is 0 Å². The van der Waals surface area contributed by atoms with Gasteiger partial charge in [0.25, 0.3) is 16.4 Å². The van der Waals surface area contributed by atoms with Crippen molar-refractivity contribution in [1.29, 1.82) is 0 Å². The number of alkyl halides is 2. The number of anilines is 2. The number of nitrogens with zero attached hydrogens (tertiary/aromatic N) is 5. The first-order valence-electron chi connectivity index (χ1n) is 6.88. The molecular formula is C13H15F2N5O2S. The normalized spacial score (nSPS) is 15.1. The molecule has 0 spiro atoms. The van der Waals surface area contributed by atoms with Gasteiger partial charge in [-0.2, -0.15) is 5.10 Å². The Kier molecular flexibility index (Phi) is 3.92. The summed E-state index contributed by atoms with van der Waals surface area (Å²) in [5.74, 6) is 0. The second kappa shape index (κ2) is 5.76. The lowest BCUT2D eigenvalue weighted by Gasteiger charge is -2.35. The van der Waals surface area contributed by atoms with Gasteiger partial charge in [0.2, 0.25) is 0 Å². The van der Waals surface area contributed by atoms with Crippen molar-refractivity contribution in [3.8, 4) is 0 Å². The highest BCUT2D eigenvalue weighted by atomic mass is 32.2. The summed E-state index contributed by atoms with van der Waals surface area (Å²) in [5, 5.41) is 3.69. The molecule has 0 fully saturated rings. The SMILES string of the molecule is CN1CCN(S(=O)(=O)c2cnn(CC(F)F)c2)c2cnccc21. The Morgan fingerprint density at radius 3 is 2.78 bits per heavy atom. The van der Waals surface area contributed by atoms with Gasteiger partial charge in [-0.1, -0.05) is 0 Å². The maximum Gasteiger partial charge on any atom is 0.267 e. The molecular weight excluding hydrogens is 328 g/mol. The molecule has 2 aromatic heterocycles. The predicted octanol–water partition coefficient (Wildman–Crippen LogP) is 1.19. The highest BCUT2D eigenvalue weighted by Crippen LogP contribution is 2.34. The van der Waals surface area contributed by atoms with E-state index in [0.29, 0.717) is 12.2 Å². The lowest BCUT2D eigenvalue weighted by atomic mass is 10.2. The second-order valence-electron chi connectivity index (χ2n) is 5.15. The summed E-state index contributed by atoms with van der Waals surface area (Å²) in [6.07, 6.45) is 2.68. The van der Waals surface area contributed by atoms with Crippen molar-refractivity contribution in [3.05, 3.63) is 30.9 Å². The molecule has 0 amide bonds. The average molecular weight is 343 g/mol. The van der Waals surface area contributed by atoms with E-state index in [9.17, 15) is 17.2 Å². The number of aromatic nitrogens is 3. The van der Waals surface area contributed by atoms with Crippen LogP contribution in [0.2, 0.25) is 0 Å². The Bertz CT molecular complexity index is 808. The van der Waals surface area contributed by atoms with Crippen molar-refractivity contribution in [1.82, 2.24) is 14.8 Å². The number of rotatable bonds is 4. The number of hydrogen-bond acceptors (Lipinski definition) is 5.